The van der Waals surface area contributed by atoms with Crippen LogP contribution in [0.4, 0.5) is 17.1 Å². The fraction of sp³-hybridized carbons (Fsp3) is 0.0667. The highest BCUT2D eigenvalue weighted by atomic mass is 16.6. The van der Waals surface area contributed by atoms with Crippen molar-refractivity contribution in [2.45, 2.75) is 6.42 Å². The van der Waals surface area contributed by atoms with E-state index < -0.39 is 10.8 Å². The fourth-order valence-electron chi connectivity index (χ4n) is 1.95. The normalized spacial score (nSPS) is 9.67. The van der Waals surface area contributed by atoms with Crippen molar-refractivity contribution in [3.05, 3.63) is 64.7 Å². The van der Waals surface area contributed by atoms with Crippen LogP contribution in [0.1, 0.15) is 6.42 Å². The van der Waals surface area contributed by atoms with Gasteiger partial charge < -0.3 is 0 Å². The van der Waals surface area contributed by atoms with Crippen molar-refractivity contribution >= 4 is 23.0 Å². The largest absolute Gasteiger partial charge is 0.293 e. The molecule has 0 spiro atoms. The van der Waals surface area contributed by atoms with Crippen molar-refractivity contribution in [2.75, 3.05) is 4.90 Å². The van der Waals surface area contributed by atoms with Crippen molar-refractivity contribution in [2.24, 2.45) is 0 Å². The second kappa shape index (κ2) is 6.30. The predicted molar refractivity (Wildman–Crippen MR) is 76.9 cm³/mol. The molecular formula is C15H11N3O3. The van der Waals surface area contributed by atoms with Gasteiger partial charge in [0.1, 0.15) is 12.1 Å². The average molecular weight is 281 g/mol. The SMILES string of the molecule is N#CCC(=O)N(c1ccccc1)c1ccccc1[N+](=O)[O-]. The number of rotatable bonds is 4. The van der Waals surface area contributed by atoms with E-state index >= 15 is 0 Å². The number of nitro groups is 1. The zero-order valence-electron chi connectivity index (χ0n) is 11.0. The molecule has 0 saturated carbocycles. The molecular weight excluding hydrogens is 270 g/mol. The molecule has 2 aromatic rings. The van der Waals surface area contributed by atoms with Crippen LogP contribution < -0.4 is 4.90 Å². The van der Waals surface area contributed by atoms with E-state index in [0.29, 0.717) is 5.69 Å². The molecule has 6 heteroatoms. The van der Waals surface area contributed by atoms with Gasteiger partial charge in [-0.1, -0.05) is 30.3 Å². The highest BCUT2D eigenvalue weighted by Crippen LogP contribution is 2.33. The molecule has 104 valence electrons. The number of para-hydroxylation sites is 3. The molecule has 0 aliphatic carbocycles. The molecule has 0 aromatic heterocycles. The first-order valence-electron chi connectivity index (χ1n) is 6.13. The number of hydrogen-bond acceptors (Lipinski definition) is 4. The lowest BCUT2D eigenvalue weighted by molar-refractivity contribution is -0.384. The number of carbonyl (C=O) groups is 1. The number of benzene rings is 2. The molecule has 0 unspecified atom stereocenters. The first-order chi connectivity index (χ1) is 10.1. The Morgan fingerprint density at radius 1 is 1.14 bits per heavy atom. The average Bonchev–Trinajstić information content (AvgIpc) is 2.49. The van der Waals surface area contributed by atoms with Crippen LogP contribution in [0.3, 0.4) is 0 Å². The van der Waals surface area contributed by atoms with Crippen LogP contribution in [0.15, 0.2) is 54.6 Å². The van der Waals surface area contributed by atoms with Crippen LogP contribution in [0.5, 0.6) is 0 Å². The standard InChI is InChI=1S/C15H11N3O3/c16-11-10-15(19)17(12-6-2-1-3-7-12)13-8-4-5-9-14(13)18(20)21/h1-9H,10H2. The molecule has 21 heavy (non-hydrogen) atoms. The number of nitro benzene ring substituents is 1. The minimum atomic E-state index is -0.551. The van der Waals surface area contributed by atoms with Gasteiger partial charge in [-0.15, -0.1) is 0 Å². The van der Waals surface area contributed by atoms with Crippen LogP contribution in [0, 0.1) is 21.4 Å². The summed E-state index contributed by atoms with van der Waals surface area (Å²) in [6.07, 6.45) is -0.360. The summed E-state index contributed by atoms with van der Waals surface area (Å²) in [6.45, 7) is 0. The first-order valence-corrected chi connectivity index (χ1v) is 6.13. The highest BCUT2D eigenvalue weighted by Gasteiger charge is 2.25. The summed E-state index contributed by atoms with van der Waals surface area (Å²) < 4.78 is 0. The van der Waals surface area contributed by atoms with E-state index in [1.165, 1.54) is 23.1 Å². The molecule has 0 radical (unpaired) electrons. The Hall–Kier alpha value is -3.20. The molecule has 0 atom stereocenters. The Labute approximate surface area is 121 Å². The van der Waals surface area contributed by atoms with Gasteiger partial charge in [-0.3, -0.25) is 19.8 Å². The zero-order valence-corrected chi connectivity index (χ0v) is 11.0. The van der Waals surface area contributed by atoms with Crippen LogP contribution in [0.25, 0.3) is 0 Å². The van der Waals surface area contributed by atoms with Gasteiger partial charge in [-0.2, -0.15) is 5.26 Å². The van der Waals surface area contributed by atoms with E-state index in [9.17, 15) is 14.9 Å². The zero-order chi connectivity index (χ0) is 15.2. The van der Waals surface area contributed by atoms with Crippen LogP contribution in [-0.2, 0) is 4.79 Å². The Kier molecular flexibility index (Phi) is 4.26. The third-order valence-corrected chi connectivity index (χ3v) is 2.81. The summed E-state index contributed by atoms with van der Waals surface area (Å²) in [5, 5.41) is 19.9. The molecule has 0 heterocycles. The monoisotopic (exact) mass is 281 g/mol. The molecule has 0 fully saturated rings. The summed E-state index contributed by atoms with van der Waals surface area (Å²) in [5.41, 5.74) is 0.439. The number of anilines is 2. The fourth-order valence-corrected chi connectivity index (χ4v) is 1.95. The lowest BCUT2D eigenvalue weighted by Gasteiger charge is -2.21. The van der Waals surface area contributed by atoms with E-state index in [4.69, 9.17) is 5.26 Å². The number of carbonyl (C=O) groups excluding carboxylic acids is 1. The van der Waals surface area contributed by atoms with Crippen LogP contribution in [0.2, 0.25) is 0 Å². The van der Waals surface area contributed by atoms with E-state index in [1.807, 2.05) is 0 Å². The molecule has 1 amide bonds. The van der Waals surface area contributed by atoms with Crippen molar-refractivity contribution in [3.63, 3.8) is 0 Å². The van der Waals surface area contributed by atoms with Gasteiger partial charge in [-0.25, -0.2) is 0 Å². The first kappa shape index (κ1) is 14.2. The quantitative estimate of drug-likeness (QED) is 0.636. The summed E-state index contributed by atoms with van der Waals surface area (Å²) >= 11 is 0. The second-order valence-electron chi connectivity index (χ2n) is 4.15. The topological polar surface area (TPSA) is 87.2 Å². The van der Waals surface area contributed by atoms with Crippen molar-refractivity contribution in [1.29, 1.82) is 5.26 Å². The molecule has 0 N–H and O–H groups in total. The summed E-state index contributed by atoms with van der Waals surface area (Å²) in [6, 6.07) is 16.3. The number of nitriles is 1. The molecule has 0 bridgehead atoms. The van der Waals surface area contributed by atoms with Gasteiger partial charge >= 0.3 is 0 Å². The van der Waals surface area contributed by atoms with Gasteiger partial charge in [0, 0.05) is 11.8 Å². The van der Waals surface area contributed by atoms with Gasteiger partial charge in [0.15, 0.2) is 0 Å². The lowest BCUT2D eigenvalue weighted by atomic mass is 10.2. The molecule has 0 saturated heterocycles. The van der Waals surface area contributed by atoms with E-state index in [0.717, 1.165) is 0 Å². The van der Waals surface area contributed by atoms with Gasteiger partial charge in [0.25, 0.3) is 5.69 Å². The van der Waals surface area contributed by atoms with Crippen molar-refractivity contribution < 1.29 is 9.72 Å². The van der Waals surface area contributed by atoms with Crippen molar-refractivity contribution in [1.82, 2.24) is 0 Å². The van der Waals surface area contributed by atoms with Gasteiger partial charge in [-0.05, 0) is 18.2 Å². The van der Waals surface area contributed by atoms with Crippen LogP contribution >= 0.6 is 0 Å². The highest BCUT2D eigenvalue weighted by molar-refractivity contribution is 6.03. The number of hydrogen-bond donors (Lipinski definition) is 0. The summed E-state index contributed by atoms with van der Waals surface area (Å²) in [5.74, 6) is -0.516. The molecule has 2 aromatic carbocycles. The third-order valence-electron chi connectivity index (χ3n) is 2.81. The lowest BCUT2D eigenvalue weighted by Crippen LogP contribution is -2.25. The Morgan fingerprint density at radius 3 is 2.38 bits per heavy atom. The van der Waals surface area contributed by atoms with E-state index in [1.54, 1.807) is 42.5 Å². The summed E-state index contributed by atoms with van der Waals surface area (Å²) in [4.78, 5) is 24.0. The maximum Gasteiger partial charge on any atom is 0.293 e. The minimum Gasteiger partial charge on any atom is -0.274 e. The Bertz CT molecular complexity index is 708. The number of nitrogens with zero attached hydrogens (tertiary/aromatic N) is 3. The second-order valence-corrected chi connectivity index (χ2v) is 4.15. The van der Waals surface area contributed by atoms with Crippen molar-refractivity contribution in [3.8, 4) is 6.07 Å². The molecule has 6 nitrogen and oxygen atoms in total. The number of amides is 1. The summed E-state index contributed by atoms with van der Waals surface area (Å²) in [7, 11) is 0. The van der Waals surface area contributed by atoms with E-state index in [2.05, 4.69) is 0 Å². The maximum atomic E-state index is 12.2. The Morgan fingerprint density at radius 2 is 1.76 bits per heavy atom. The molecule has 0 aliphatic rings. The molecule has 2 rings (SSSR count). The Balaban J connectivity index is 2.59. The van der Waals surface area contributed by atoms with Gasteiger partial charge in [0.2, 0.25) is 5.91 Å². The smallest absolute Gasteiger partial charge is 0.274 e. The van der Waals surface area contributed by atoms with E-state index in [-0.39, 0.29) is 17.8 Å². The minimum absolute atomic E-state index is 0.147. The van der Waals surface area contributed by atoms with Gasteiger partial charge in [0.05, 0.1) is 11.0 Å². The third kappa shape index (κ3) is 3.04. The molecule has 0 aliphatic heterocycles. The van der Waals surface area contributed by atoms with Crippen LogP contribution in [-0.4, -0.2) is 10.8 Å². The predicted octanol–water partition coefficient (Wildman–Crippen LogP) is 3.17. The maximum absolute atomic E-state index is 12.2.